The molecule has 2 aliphatic rings. The van der Waals surface area contributed by atoms with Gasteiger partial charge in [0.2, 0.25) is 0 Å². The normalized spacial score (nSPS) is 20.7. The molecule has 0 spiro atoms. The van der Waals surface area contributed by atoms with Crippen LogP contribution in [-0.2, 0) is 0 Å². The summed E-state index contributed by atoms with van der Waals surface area (Å²) >= 11 is 0. The van der Waals surface area contributed by atoms with Crippen molar-refractivity contribution in [1.82, 2.24) is 9.80 Å². The minimum absolute atomic E-state index is 0.156. The lowest BCUT2D eigenvalue weighted by atomic mass is 10.0. The second-order valence-electron chi connectivity index (χ2n) is 7.85. The Morgan fingerprint density at radius 3 is 2.44 bits per heavy atom. The van der Waals surface area contributed by atoms with Crippen molar-refractivity contribution in [3.63, 3.8) is 0 Å². The zero-order valence-corrected chi connectivity index (χ0v) is 15.3. The first-order chi connectivity index (χ1) is 11.7. The Balaban J connectivity index is 1.81. The van der Waals surface area contributed by atoms with Gasteiger partial charge in [0.1, 0.15) is 0 Å². The second kappa shape index (κ2) is 6.17. The van der Waals surface area contributed by atoms with Gasteiger partial charge in [-0.25, -0.2) is 4.79 Å². The van der Waals surface area contributed by atoms with E-state index in [1.165, 1.54) is 4.90 Å². The van der Waals surface area contributed by atoms with Crippen molar-refractivity contribution in [3.05, 3.63) is 29.3 Å². The molecule has 0 radical (unpaired) electrons. The lowest BCUT2D eigenvalue weighted by molar-refractivity contribution is 0.0507. The molecule has 0 aliphatic carbocycles. The van der Waals surface area contributed by atoms with E-state index in [1.807, 2.05) is 32.6 Å². The second-order valence-corrected chi connectivity index (χ2v) is 7.85. The number of benzene rings is 1. The number of urea groups is 1. The Morgan fingerprint density at radius 1 is 1.12 bits per heavy atom. The van der Waals surface area contributed by atoms with E-state index in [2.05, 4.69) is 5.32 Å². The van der Waals surface area contributed by atoms with E-state index in [1.54, 1.807) is 18.2 Å². The van der Waals surface area contributed by atoms with Crippen LogP contribution in [0, 0.1) is 0 Å². The number of nitrogens with one attached hydrogen (secondary N) is 1. The SMILES string of the molecule is CC1CCCCN1C(=O)Nc1ccc2c(c1)C(=O)N(C(C)(C)C)C2=O. The number of fused-ring (bicyclic) bond motifs is 1. The fraction of sp³-hybridized carbons (Fsp3) is 0.526. The predicted octanol–water partition coefficient (Wildman–Crippen LogP) is 3.49. The van der Waals surface area contributed by atoms with Crippen molar-refractivity contribution in [3.8, 4) is 0 Å². The monoisotopic (exact) mass is 343 g/mol. The molecule has 1 aromatic carbocycles. The van der Waals surface area contributed by atoms with Gasteiger partial charge in [0.25, 0.3) is 11.8 Å². The third-order valence-electron chi connectivity index (χ3n) is 4.87. The van der Waals surface area contributed by atoms with Crippen molar-refractivity contribution < 1.29 is 14.4 Å². The van der Waals surface area contributed by atoms with Crippen LogP contribution in [0.2, 0.25) is 0 Å². The van der Waals surface area contributed by atoms with E-state index in [9.17, 15) is 14.4 Å². The zero-order chi connectivity index (χ0) is 18.4. The van der Waals surface area contributed by atoms with Gasteiger partial charge in [-0.3, -0.25) is 14.5 Å². The molecule has 2 heterocycles. The van der Waals surface area contributed by atoms with Crippen LogP contribution in [0.5, 0.6) is 0 Å². The highest BCUT2D eigenvalue weighted by Crippen LogP contribution is 2.31. The topological polar surface area (TPSA) is 69.7 Å². The molecule has 1 atom stereocenters. The molecule has 2 aliphatic heterocycles. The first-order valence-corrected chi connectivity index (χ1v) is 8.80. The molecular weight excluding hydrogens is 318 g/mol. The third kappa shape index (κ3) is 3.13. The molecule has 6 nitrogen and oxygen atoms in total. The fourth-order valence-corrected chi connectivity index (χ4v) is 3.52. The number of piperidine rings is 1. The van der Waals surface area contributed by atoms with Gasteiger partial charge in [-0.15, -0.1) is 0 Å². The molecule has 1 aromatic rings. The average molecular weight is 343 g/mol. The van der Waals surface area contributed by atoms with Crippen LogP contribution in [0.4, 0.5) is 10.5 Å². The summed E-state index contributed by atoms with van der Waals surface area (Å²) in [5, 5.41) is 2.87. The summed E-state index contributed by atoms with van der Waals surface area (Å²) in [6.45, 7) is 8.28. The number of nitrogens with zero attached hydrogens (tertiary/aromatic N) is 2. The Hall–Kier alpha value is -2.37. The summed E-state index contributed by atoms with van der Waals surface area (Å²) in [7, 11) is 0. The van der Waals surface area contributed by atoms with Crippen LogP contribution >= 0.6 is 0 Å². The number of rotatable bonds is 1. The number of hydrogen-bond donors (Lipinski definition) is 1. The Bertz CT molecular complexity index is 736. The summed E-state index contributed by atoms with van der Waals surface area (Å²) in [5.41, 5.74) is 0.701. The molecule has 6 heteroatoms. The van der Waals surface area contributed by atoms with Gasteiger partial charge in [-0.1, -0.05) is 0 Å². The number of hydrogen-bond acceptors (Lipinski definition) is 3. The first-order valence-electron chi connectivity index (χ1n) is 8.80. The highest BCUT2D eigenvalue weighted by Gasteiger charge is 2.42. The lowest BCUT2D eigenvalue weighted by Gasteiger charge is -2.33. The Kier molecular flexibility index (Phi) is 4.31. The van der Waals surface area contributed by atoms with E-state index in [-0.39, 0.29) is 23.9 Å². The van der Waals surface area contributed by atoms with Crippen molar-refractivity contribution in [1.29, 1.82) is 0 Å². The molecule has 1 fully saturated rings. The molecule has 0 aromatic heterocycles. The molecule has 1 saturated heterocycles. The van der Waals surface area contributed by atoms with Crippen LogP contribution < -0.4 is 5.32 Å². The summed E-state index contributed by atoms with van der Waals surface area (Å²) in [6, 6.07) is 4.96. The first kappa shape index (κ1) is 17.5. The van der Waals surface area contributed by atoms with Crippen LogP contribution in [-0.4, -0.2) is 45.8 Å². The van der Waals surface area contributed by atoms with Crippen LogP contribution in [0.15, 0.2) is 18.2 Å². The molecule has 0 bridgehead atoms. The van der Waals surface area contributed by atoms with Gasteiger partial charge in [-0.2, -0.15) is 0 Å². The summed E-state index contributed by atoms with van der Waals surface area (Å²) in [6.07, 6.45) is 3.16. The van der Waals surface area contributed by atoms with E-state index >= 15 is 0 Å². The van der Waals surface area contributed by atoms with Gasteiger partial charge in [-0.05, 0) is 65.2 Å². The molecule has 4 amide bonds. The van der Waals surface area contributed by atoms with Crippen LogP contribution in [0.3, 0.4) is 0 Å². The largest absolute Gasteiger partial charge is 0.322 e. The highest BCUT2D eigenvalue weighted by molar-refractivity contribution is 6.22. The Morgan fingerprint density at radius 2 is 1.80 bits per heavy atom. The average Bonchev–Trinajstić information content (AvgIpc) is 2.78. The number of amides is 4. The van der Waals surface area contributed by atoms with Crippen molar-refractivity contribution >= 4 is 23.5 Å². The van der Waals surface area contributed by atoms with Gasteiger partial charge in [0.15, 0.2) is 0 Å². The van der Waals surface area contributed by atoms with Gasteiger partial charge >= 0.3 is 6.03 Å². The molecule has 0 saturated carbocycles. The summed E-state index contributed by atoms with van der Waals surface area (Å²) in [4.78, 5) is 40.7. The quantitative estimate of drug-likeness (QED) is 0.794. The molecule has 25 heavy (non-hydrogen) atoms. The maximum atomic E-state index is 12.6. The van der Waals surface area contributed by atoms with Crippen LogP contribution in [0.1, 0.15) is 67.7 Å². The van der Waals surface area contributed by atoms with Crippen LogP contribution in [0.25, 0.3) is 0 Å². The molecule has 1 unspecified atom stereocenters. The zero-order valence-electron chi connectivity index (χ0n) is 15.3. The number of carbonyl (C=O) groups is 3. The summed E-state index contributed by atoms with van der Waals surface area (Å²) < 4.78 is 0. The predicted molar refractivity (Wildman–Crippen MR) is 95.7 cm³/mol. The minimum atomic E-state index is -0.584. The van der Waals surface area contributed by atoms with Gasteiger partial charge in [0.05, 0.1) is 11.1 Å². The fourth-order valence-electron chi connectivity index (χ4n) is 3.52. The van der Waals surface area contributed by atoms with Gasteiger partial charge < -0.3 is 10.2 Å². The number of carbonyl (C=O) groups excluding carboxylic acids is 3. The smallest absolute Gasteiger partial charge is 0.322 e. The minimum Gasteiger partial charge on any atom is -0.322 e. The van der Waals surface area contributed by atoms with E-state index in [0.29, 0.717) is 16.8 Å². The van der Waals surface area contributed by atoms with E-state index in [4.69, 9.17) is 0 Å². The maximum Gasteiger partial charge on any atom is 0.322 e. The van der Waals surface area contributed by atoms with Gasteiger partial charge in [0, 0.05) is 23.8 Å². The van der Waals surface area contributed by atoms with E-state index in [0.717, 1.165) is 25.8 Å². The third-order valence-corrected chi connectivity index (χ3v) is 4.87. The number of likely N-dealkylation sites (tertiary alicyclic amines) is 1. The maximum absolute atomic E-state index is 12.6. The molecule has 3 rings (SSSR count). The van der Waals surface area contributed by atoms with Crippen molar-refractivity contribution in [2.24, 2.45) is 0 Å². The molecule has 1 N–H and O–H groups in total. The van der Waals surface area contributed by atoms with Crippen molar-refractivity contribution in [2.45, 2.75) is 58.5 Å². The van der Waals surface area contributed by atoms with Crippen molar-refractivity contribution in [2.75, 3.05) is 11.9 Å². The Labute approximate surface area is 148 Å². The standard InChI is InChI=1S/C19H25N3O3/c1-12-7-5-6-10-21(12)18(25)20-13-8-9-14-15(11-13)17(24)22(16(14)23)19(2,3)4/h8-9,11-12H,5-7,10H2,1-4H3,(H,20,25). The highest BCUT2D eigenvalue weighted by atomic mass is 16.2. The number of anilines is 1. The molecular formula is C19H25N3O3. The van der Waals surface area contributed by atoms with E-state index < -0.39 is 5.54 Å². The lowest BCUT2D eigenvalue weighted by Crippen LogP contribution is -2.45. The molecule has 134 valence electrons. The number of imide groups is 1. The summed E-state index contributed by atoms with van der Waals surface area (Å²) in [5.74, 6) is -0.593.